The monoisotopic (exact) mass is 863 g/mol. The molecule has 4 aromatic carbocycles. The Bertz CT molecular complexity index is 2470. The predicted molar refractivity (Wildman–Crippen MR) is 212 cm³/mol. The summed E-state index contributed by atoms with van der Waals surface area (Å²) in [7, 11) is -1.23. The number of nitrogens with zero attached hydrogens (tertiary/aromatic N) is 3. The molecular weight excluding hydrogens is 823 g/mol. The maximum absolute atomic E-state index is 9.21. The molecule has 0 saturated carbocycles. The quantitative estimate of drug-likeness (QED) is 0.128. The van der Waals surface area contributed by atoms with Crippen LogP contribution in [0.4, 0.5) is 0 Å². The number of pyridine rings is 3. The van der Waals surface area contributed by atoms with Crippen molar-refractivity contribution in [2.45, 2.75) is 46.3 Å². The van der Waals surface area contributed by atoms with E-state index in [-0.39, 0.29) is 20.1 Å². The van der Waals surface area contributed by atoms with Gasteiger partial charge in [0.15, 0.2) is 0 Å². The van der Waals surface area contributed by atoms with Crippen LogP contribution < -0.4 is 5.19 Å². The van der Waals surface area contributed by atoms with Gasteiger partial charge < -0.3 is 4.98 Å². The molecule has 0 aliphatic carbocycles. The van der Waals surface area contributed by atoms with Gasteiger partial charge in [-0.05, 0) is 70.2 Å². The zero-order valence-corrected chi connectivity index (χ0v) is 33.3. The number of benzene rings is 4. The van der Waals surface area contributed by atoms with Gasteiger partial charge in [0.05, 0.1) is 8.07 Å². The van der Waals surface area contributed by atoms with Gasteiger partial charge in [-0.1, -0.05) is 97.0 Å². The Morgan fingerprint density at radius 2 is 1.52 bits per heavy atom. The smallest absolute Gasteiger partial charge is 0.0795 e. The molecule has 6 heteroatoms. The maximum Gasteiger partial charge on any atom is 0.0795 e. The summed E-state index contributed by atoms with van der Waals surface area (Å²) in [6.07, 6.45) is 5.61. The van der Waals surface area contributed by atoms with Gasteiger partial charge in [-0.2, -0.15) is 11.3 Å². The summed E-state index contributed by atoms with van der Waals surface area (Å²) in [4.78, 5) is 13.6. The van der Waals surface area contributed by atoms with E-state index in [2.05, 4.69) is 109 Å². The molecule has 4 heterocycles. The molecule has 0 spiro atoms. The number of fused-ring (bicyclic) bond motifs is 5. The van der Waals surface area contributed by atoms with E-state index in [9.17, 15) is 1.37 Å². The van der Waals surface area contributed by atoms with Crippen LogP contribution >= 0.6 is 11.3 Å². The van der Waals surface area contributed by atoms with E-state index in [1.807, 2.05) is 68.7 Å². The molecule has 0 fully saturated rings. The molecular formula is C44H39IrN3SSi-2. The zero-order valence-electron chi connectivity index (χ0n) is 30.1. The fraction of sp³-hybridized carbons (Fsp3) is 0.159. The molecule has 0 aliphatic rings. The van der Waals surface area contributed by atoms with Crippen LogP contribution in [0.2, 0.25) is 19.6 Å². The Labute approximate surface area is 315 Å². The summed E-state index contributed by atoms with van der Waals surface area (Å²) in [5, 5.41) is 6.29. The van der Waals surface area contributed by atoms with Crippen LogP contribution in [0.5, 0.6) is 0 Å². The van der Waals surface area contributed by atoms with Gasteiger partial charge in [0.1, 0.15) is 0 Å². The minimum Gasteiger partial charge on any atom is -0.305 e. The molecule has 0 amide bonds. The Hall–Kier alpha value is -4.32. The summed E-state index contributed by atoms with van der Waals surface area (Å²) in [5.74, 6) is -0.919. The Balaban J connectivity index is 0.000000222. The third-order valence-electron chi connectivity index (χ3n) is 9.00. The van der Waals surface area contributed by atoms with E-state index < -0.39 is 14.0 Å². The van der Waals surface area contributed by atoms with Crippen molar-refractivity contribution in [2.75, 3.05) is 0 Å². The maximum atomic E-state index is 9.21. The summed E-state index contributed by atoms with van der Waals surface area (Å²) < 4.78 is 11.7. The van der Waals surface area contributed by atoms with Crippen LogP contribution in [0.3, 0.4) is 0 Å². The van der Waals surface area contributed by atoms with Gasteiger partial charge in [0.25, 0.3) is 0 Å². The molecule has 0 saturated heterocycles. The van der Waals surface area contributed by atoms with Gasteiger partial charge in [-0.3, -0.25) is 9.97 Å². The number of thiophene rings is 1. The molecule has 0 N–H and O–H groups in total. The summed E-state index contributed by atoms with van der Waals surface area (Å²) in [6, 6.07) is 42.0. The minimum absolute atomic E-state index is 0. The van der Waals surface area contributed by atoms with Gasteiger partial charge >= 0.3 is 0 Å². The number of aromatic nitrogens is 3. The molecule has 4 aromatic heterocycles. The first kappa shape index (κ1) is 34.1. The van der Waals surface area contributed by atoms with Crippen molar-refractivity contribution in [2.24, 2.45) is 0 Å². The molecule has 0 aliphatic heterocycles. The second-order valence-corrected chi connectivity index (χ2v) is 19.6. The molecule has 251 valence electrons. The van der Waals surface area contributed by atoms with Crippen molar-refractivity contribution < 1.29 is 21.5 Å². The van der Waals surface area contributed by atoms with Crippen LogP contribution in [-0.4, -0.2) is 23.0 Å². The van der Waals surface area contributed by atoms with Gasteiger partial charge in [0, 0.05) is 62.0 Å². The van der Waals surface area contributed by atoms with Crippen LogP contribution in [0.1, 0.15) is 36.6 Å². The first-order chi connectivity index (χ1) is 24.0. The molecule has 1 atom stereocenters. The van der Waals surface area contributed by atoms with E-state index in [0.29, 0.717) is 0 Å². The summed E-state index contributed by atoms with van der Waals surface area (Å²) >= 11 is 1.79. The number of rotatable bonds is 5. The zero-order chi connectivity index (χ0) is 35.0. The Morgan fingerprint density at radius 1 is 0.760 bits per heavy atom. The van der Waals surface area contributed by atoms with Crippen molar-refractivity contribution in [1.82, 2.24) is 15.0 Å². The van der Waals surface area contributed by atoms with Crippen molar-refractivity contribution in [3.05, 3.63) is 156 Å². The van der Waals surface area contributed by atoms with Crippen LogP contribution in [0, 0.1) is 26.0 Å². The molecule has 8 rings (SSSR count). The Morgan fingerprint density at radius 3 is 2.24 bits per heavy atom. The van der Waals surface area contributed by atoms with E-state index in [1.165, 1.54) is 36.3 Å². The van der Waals surface area contributed by atoms with Crippen molar-refractivity contribution in [3.8, 4) is 22.5 Å². The largest absolute Gasteiger partial charge is 0.305 e. The van der Waals surface area contributed by atoms with Gasteiger partial charge in [-0.15, -0.1) is 53.4 Å². The van der Waals surface area contributed by atoms with Crippen molar-refractivity contribution >= 4 is 55.5 Å². The summed E-state index contributed by atoms with van der Waals surface area (Å²) in [5.41, 5.74) is 7.89. The topological polar surface area (TPSA) is 38.7 Å². The van der Waals surface area contributed by atoms with Gasteiger partial charge in [-0.25, -0.2) is 0 Å². The van der Waals surface area contributed by atoms with Gasteiger partial charge in [0.2, 0.25) is 0 Å². The third-order valence-corrected chi connectivity index (χ3v) is 12.2. The van der Waals surface area contributed by atoms with Crippen molar-refractivity contribution in [3.63, 3.8) is 0 Å². The van der Waals surface area contributed by atoms with E-state index in [4.69, 9.17) is 4.98 Å². The van der Waals surface area contributed by atoms with E-state index in [1.54, 1.807) is 17.5 Å². The number of aryl methyl sites for hydroxylation is 2. The first-order valence-electron chi connectivity index (χ1n) is 17.1. The van der Waals surface area contributed by atoms with E-state index >= 15 is 0 Å². The molecule has 1 radical (unpaired) electrons. The molecule has 8 aromatic rings. The molecule has 50 heavy (non-hydrogen) atoms. The van der Waals surface area contributed by atoms with Crippen LogP contribution in [0.25, 0.3) is 53.5 Å². The van der Waals surface area contributed by atoms with Crippen LogP contribution in [-0.2, 0) is 20.1 Å². The minimum atomic E-state index is -1.23. The molecule has 3 nitrogen and oxygen atoms in total. The second kappa shape index (κ2) is 14.9. The summed E-state index contributed by atoms with van der Waals surface area (Å²) in [6.45, 7) is 13.1. The molecule has 1 unspecified atom stereocenters. The Kier molecular flexibility index (Phi) is 10.2. The van der Waals surface area contributed by atoms with E-state index in [0.717, 1.165) is 44.7 Å². The predicted octanol–water partition coefficient (Wildman–Crippen LogP) is 11.3. The fourth-order valence-electron chi connectivity index (χ4n) is 6.24. The SMILES string of the molecule is C[Si](C)(C)c1ccc(-c2[c-]cccc2)nc1.[2H]C(C)(c1ccnc(C)c1)c1ccnc(-c2[c-]c3cccc(C)c3c3c2sc2ccccc23)c1.[Ir]. The second-order valence-electron chi connectivity index (χ2n) is 13.5. The molecule has 0 bridgehead atoms. The van der Waals surface area contributed by atoms with Crippen molar-refractivity contribution in [1.29, 1.82) is 0 Å². The first-order valence-corrected chi connectivity index (χ1v) is 20.9. The standard InChI is InChI=1S/C30H23N2S.C14H16NSi.Ir/c1-18-7-6-8-23-16-25(30-29(28(18)23)24-9-4-5-10-27(24)33-30)26-17-22(12-14-32-26)20(3)21-11-13-31-19(2)15-21;1-16(2,3)13-9-10-14(15-11-13)12-7-5-4-6-8-12;/h4-15,17,20H,1-3H3;4-7,9-11H,1-3H3;/q2*-1;/i20D;;. The average Bonchev–Trinajstić information content (AvgIpc) is 3.51. The number of hydrogen-bond acceptors (Lipinski definition) is 4. The third kappa shape index (κ3) is 7.26. The van der Waals surface area contributed by atoms with Crippen LogP contribution in [0.15, 0.2) is 122 Å². The average molecular weight is 863 g/mol. The number of hydrogen-bond donors (Lipinski definition) is 0. The fourth-order valence-corrected chi connectivity index (χ4v) is 8.49. The normalized spacial score (nSPS) is 12.9.